The molecule has 4 N–H and O–H groups in total. The summed E-state index contributed by atoms with van der Waals surface area (Å²) in [5.74, 6) is 0.706. The van der Waals surface area contributed by atoms with Crippen LogP contribution in [0.1, 0.15) is 213 Å². The van der Waals surface area contributed by atoms with Crippen molar-refractivity contribution in [3.63, 3.8) is 0 Å². The van der Waals surface area contributed by atoms with Crippen LogP contribution in [0.2, 0.25) is 0 Å². The van der Waals surface area contributed by atoms with Crippen molar-refractivity contribution in [1.82, 2.24) is 0 Å². The largest absolute Gasteiger partial charge is 0.508 e. The summed E-state index contributed by atoms with van der Waals surface area (Å²) in [6, 6.07) is 34.0. The second-order valence-electron chi connectivity index (χ2n) is 22.3. The van der Waals surface area contributed by atoms with Gasteiger partial charge in [-0.2, -0.15) is 16.8 Å². The van der Waals surface area contributed by atoms with Crippen molar-refractivity contribution in [2.45, 2.75) is 173 Å². The summed E-state index contributed by atoms with van der Waals surface area (Å²) < 4.78 is 71.2. The van der Waals surface area contributed by atoms with Crippen LogP contribution >= 0.6 is 0 Å². The van der Waals surface area contributed by atoms with Gasteiger partial charge in [-0.25, -0.2) is 8.37 Å². The van der Waals surface area contributed by atoms with Gasteiger partial charge in [0.05, 0.1) is 0 Å². The summed E-state index contributed by atoms with van der Waals surface area (Å²) in [5.41, 5.74) is 3.86. The van der Waals surface area contributed by atoms with Crippen LogP contribution in [-0.4, -0.2) is 37.3 Å². The van der Waals surface area contributed by atoms with Gasteiger partial charge in [-0.15, -0.1) is 0 Å². The quantitative estimate of drug-likeness (QED) is 0.102. The van der Waals surface area contributed by atoms with Crippen LogP contribution in [0.15, 0.2) is 125 Å². The van der Waals surface area contributed by atoms with Gasteiger partial charge in [-0.3, -0.25) is 0 Å². The van der Waals surface area contributed by atoms with Crippen LogP contribution in [0.3, 0.4) is 0 Å². The molecule has 74 heavy (non-hydrogen) atoms. The summed E-state index contributed by atoms with van der Waals surface area (Å²) in [7, 11) is -8.62. The van der Waals surface area contributed by atoms with Crippen molar-refractivity contribution in [3.05, 3.63) is 176 Å². The smallest absolute Gasteiger partial charge is 0.299 e. The first-order valence-electron chi connectivity index (χ1n) is 27.3. The third-order valence-electron chi connectivity index (χ3n) is 18.2. The molecule has 12 heteroatoms. The molecule has 0 radical (unpaired) electrons. The van der Waals surface area contributed by atoms with Crippen molar-refractivity contribution in [2.75, 3.05) is 0 Å². The van der Waals surface area contributed by atoms with Gasteiger partial charge in [0.15, 0.2) is 11.2 Å². The first kappa shape index (κ1) is 49.2. The van der Waals surface area contributed by atoms with E-state index >= 15 is 8.42 Å². The zero-order valence-corrected chi connectivity index (χ0v) is 43.5. The molecule has 0 amide bonds. The van der Waals surface area contributed by atoms with Gasteiger partial charge in [0.2, 0.25) is 0 Å². The topological polar surface area (TPSA) is 168 Å². The van der Waals surface area contributed by atoms with Crippen LogP contribution in [0.5, 0.6) is 23.0 Å². The lowest BCUT2D eigenvalue weighted by Crippen LogP contribution is -2.30. The van der Waals surface area contributed by atoms with E-state index in [0.717, 1.165) is 113 Å². The lowest BCUT2D eigenvalue weighted by atomic mass is 9.72. The molecule has 6 aromatic rings. The fraction of sp³-hybridized carbons (Fsp3) is 0.419. The van der Waals surface area contributed by atoms with Gasteiger partial charge in [0, 0.05) is 11.1 Å². The summed E-state index contributed by atoms with van der Waals surface area (Å²) >= 11 is 0. The molecule has 4 aliphatic carbocycles. The molecule has 4 saturated carbocycles. The Morgan fingerprint density at radius 2 is 0.689 bits per heavy atom. The van der Waals surface area contributed by atoms with Crippen molar-refractivity contribution in [3.8, 4) is 23.0 Å². The van der Waals surface area contributed by atoms with Gasteiger partial charge >= 0.3 is 0 Å². The second kappa shape index (κ2) is 19.2. The molecule has 6 aromatic carbocycles. The molecule has 386 valence electrons. The van der Waals surface area contributed by atoms with E-state index in [-0.39, 0.29) is 62.4 Å². The highest BCUT2D eigenvalue weighted by atomic mass is 32.2. The molecule has 2 heterocycles. The highest BCUT2D eigenvalue weighted by molar-refractivity contribution is 7.87. The fourth-order valence-corrected chi connectivity index (χ4v) is 17.5. The lowest BCUT2D eigenvalue weighted by molar-refractivity contribution is 0.179. The maximum absolute atomic E-state index is 15.1. The fourth-order valence-electron chi connectivity index (χ4n) is 14.4. The molecular weight excluding hydrogens is 969 g/mol. The van der Waals surface area contributed by atoms with E-state index < -0.39 is 31.4 Å². The number of aromatic hydroxyl groups is 4. The second-order valence-corrected chi connectivity index (χ2v) is 25.3. The van der Waals surface area contributed by atoms with Crippen LogP contribution in [0.25, 0.3) is 0 Å². The molecule has 1 atom stereocenters. The molecule has 2 aliphatic heterocycles. The van der Waals surface area contributed by atoms with Gasteiger partial charge in [0.25, 0.3) is 20.2 Å². The van der Waals surface area contributed by atoms with E-state index in [1.165, 1.54) is 0 Å². The van der Waals surface area contributed by atoms with E-state index in [0.29, 0.717) is 70.2 Å². The minimum atomic E-state index is -4.40. The van der Waals surface area contributed by atoms with Gasteiger partial charge in [-0.05, 0) is 198 Å². The van der Waals surface area contributed by atoms with E-state index in [1.807, 2.05) is 42.5 Å². The predicted molar refractivity (Wildman–Crippen MR) is 283 cm³/mol. The minimum Gasteiger partial charge on any atom is -0.508 e. The molecule has 6 aliphatic rings. The standard InChI is InChI=1S/C62H66O10S2/c63-55-31-27-44(35-49(55)39-13-4-1-5-14-39)61(53-20-10-11-22-59(53)73(67,68)71-61)45-28-32-58(66)52(36-45)43-25-23-42(24-26-43)48-19-12-21-54-60(48)74(69,70)72-62(54,46-29-33-56(64)50(37-46)40-15-6-2-7-16-40)47-30-34-57(65)51(38-47)41-17-8-3-9-18-41/h10-12,19-22,27-43,63-66H,1-9,13-18,23-26H2. The van der Waals surface area contributed by atoms with Crippen molar-refractivity contribution >= 4 is 20.2 Å². The van der Waals surface area contributed by atoms with Gasteiger partial charge in [0.1, 0.15) is 32.8 Å². The van der Waals surface area contributed by atoms with E-state index in [4.69, 9.17) is 8.37 Å². The Balaban J connectivity index is 0.917. The maximum Gasteiger partial charge on any atom is 0.299 e. The van der Waals surface area contributed by atoms with Gasteiger partial charge < -0.3 is 20.4 Å². The predicted octanol–water partition coefficient (Wildman–Crippen LogP) is 14.1. The van der Waals surface area contributed by atoms with Crippen LogP contribution < -0.4 is 0 Å². The third kappa shape index (κ3) is 8.25. The summed E-state index contributed by atoms with van der Waals surface area (Å²) in [6.07, 6.45) is 17.8. The Morgan fingerprint density at radius 3 is 1.11 bits per heavy atom. The molecule has 1 unspecified atom stereocenters. The van der Waals surface area contributed by atoms with Crippen molar-refractivity contribution in [2.24, 2.45) is 0 Å². The van der Waals surface area contributed by atoms with Gasteiger partial charge in [-0.1, -0.05) is 118 Å². The van der Waals surface area contributed by atoms with Crippen LogP contribution in [0, 0.1) is 0 Å². The Labute approximate surface area is 435 Å². The molecule has 12 rings (SSSR count). The van der Waals surface area contributed by atoms with E-state index in [2.05, 4.69) is 0 Å². The first-order chi connectivity index (χ1) is 35.8. The third-order valence-corrected chi connectivity index (χ3v) is 20.9. The average Bonchev–Trinajstić information content (AvgIpc) is 3.87. The number of phenols is 4. The molecule has 0 spiro atoms. The Morgan fingerprint density at radius 1 is 0.351 bits per heavy atom. The zero-order valence-electron chi connectivity index (χ0n) is 41.8. The number of hydrogen-bond donors (Lipinski definition) is 4. The summed E-state index contributed by atoms with van der Waals surface area (Å²) in [4.78, 5) is 0.237. The Kier molecular flexibility index (Phi) is 12.8. The highest BCUT2D eigenvalue weighted by Crippen LogP contribution is 2.57. The van der Waals surface area contributed by atoms with E-state index in [1.54, 1.807) is 72.8 Å². The number of benzene rings is 6. The molecule has 0 saturated heterocycles. The normalized spacial score (nSPS) is 24.8. The highest BCUT2D eigenvalue weighted by Gasteiger charge is 2.55. The molecule has 10 nitrogen and oxygen atoms in total. The van der Waals surface area contributed by atoms with Crippen LogP contribution in [-0.2, 0) is 39.8 Å². The summed E-state index contributed by atoms with van der Waals surface area (Å²) in [5, 5.41) is 45.7. The maximum atomic E-state index is 15.1. The van der Waals surface area contributed by atoms with Crippen molar-refractivity contribution < 1.29 is 45.6 Å². The first-order valence-corrected chi connectivity index (χ1v) is 30.1. The Hall–Kier alpha value is -5.66. The molecular formula is C62H66O10S2. The Bertz CT molecular complexity index is 3290. The average molecular weight is 1040 g/mol. The van der Waals surface area contributed by atoms with Crippen LogP contribution in [0.4, 0.5) is 0 Å². The number of hydrogen-bond acceptors (Lipinski definition) is 10. The lowest BCUT2D eigenvalue weighted by Gasteiger charge is -2.34. The number of rotatable bonds is 9. The number of phenolic OH excluding ortho intramolecular Hbond substituents is 4. The number of fused-ring (bicyclic) bond motifs is 2. The van der Waals surface area contributed by atoms with E-state index in [9.17, 15) is 28.8 Å². The zero-order chi connectivity index (χ0) is 51.0. The SMILES string of the molecule is O=S1(=O)OC(c2ccc(O)c(C3CCCCC3)c2)(c2ccc(O)c(C3CCC(c4cccc5c4S(=O)(=O)OC5(c4ccc(O)c(C5CCCCC5)c4)c4ccc(O)c(C5CCCCC5)c4)CC3)c2)c2ccccc21. The van der Waals surface area contributed by atoms with Crippen molar-refractivity contribution in [1.29, 1.82) is 0 Å². The monoisotopic (exact) mass is 1030 g/mol. The summed E-state index contributed by atoms with van der Waals surface area (Å²) in [6.45, 7) is 0. The minimum absolute atomic E-state index is 0.0749. The molecule has 4 fully saturated rings. The molecule has 0 bridgehead atoms. The molecule has 0 aromatic heterocycles.